The molecule has 0 saturated heterocycles. The molecule has 0 aliphatic carbocycles. The van der Waals surface area contributed by atoms with E-state index in [9.17, 15) is 0 Å². The van der Waals surface area contributed by atoms with Gasteiger partial charge in [0.05, 0.1) is 0 Å². The summed E-state index contributed by atoms with van der Waals surface area (Å²) >= 11 is 0. The van der Waals surface area contributed by atoms with Gasteiger partial charge in [-0.25, -0.2) is 0 Å². The lowest BCUT2D eigenvalue weighted by atomic mass is 10.0. The molecule has 0 bridgehead atoms. The van der Waals surface area contributed by atoms with E-state index in [1.807, 2.05) is 0 Å². The highest BCUT2D eigenvalue weighted by atomic mass is 14.0. The van der Waals surface area contributed by atoms with E-state index in [1.54, 1.807) is 0 Å². The molecule has 28 heavy (non-hydrogen) atoms. The third-order valence-corrected chi connectivity index (χ3v) is 5.71. The summed E-state index contributed by atoms with van der Waals surface area (Å²) in [5.74, 6) is 0. The van der Waals surface area contributed by atoms with Gasteiger partial charge in [-0.3, -0.25) is 0 Å². The van der Waals surface area contributed by atoms with Crippen molar-refractivity contribution in [3.63, 3.8) is 0 Å². The second-order valence-electron chi connectivity index (χ2n) is 8.78. The summed E-state index contributed by atoms with van der Waals surface area (Å²) in [5.41, 5.74) is 0. The molecule has 0 fully saturated rings. The minimum Gasteiger partial charge on any atom is -0.0654 e. The Morgan fingerprint density at radius 3 is 0.643 bits per heavy atom. The fourth-order valence-electron chi connectivity index (χ4n) is 3.68. The average Bonchev–Trinajstić information content (AvgIpc) is 2.71. The minimum atomic E-state index is 1.12. The summed E-state index contributed by atoms with van der Waals surface area (Å²) in [6, 6.07) is 0. The fourth-order valence-corrected chi connectivity index (χ4v) is 3.68. The molecular weight excluding hydrogens is 336 g/mol. The van der Waals surface area contributed by atoms with E-state index in [2.05, 4.69) is 27.7 Å². The fraction of sp³-hybridized carbons (Fsp3) is 0.929. The third-order valence-electron chi connectivity index (χ3n) is 5.71. The van der Waals surface area contributed by atoms with Crippen LogP contribution in [0.15, 0.2) is 0 Å². The molecule has 0 aliphatic heterocycles. The maximum Gasteiger partial charge on any atom is -0.0533 e. The van der Waals surface area contributed by atoms with Crippen molar-refractivity contribution in [1.29, 1.82) is 0 Å². The van der Waals surface area contributed by atoms with Crippen LogP contribution in [0.5, 0.6) is 0 Å². The van der Waals surface area contributed by atoms with E-state index in [1.165, 1.54) is 141 Å². The van der Waals surface area contributed by atoms with Gasteiger partial charge < -0.3 is 0 Å². The maximum atomic E-state index is 3.87. The SMILES string of the molecule is [CH2]CCCCCCCCCCC.[CH2]CCCCCCCCCCCCCCC. The van der Waals surface area contributed by atoms with Gasteiger partial charge in [0.1, 0.15) is 0 Å². The van der Waals surface area contributed by atoms with Crippen LogP contribution < -0.4 is 0 Å². The maximum absolute atomic E-state index is 3.87. The molecule has 0 heteroatoms. The molecular formula is C28H58. The van der Waals surface area contributed by atoms with Crippen molar-refractivity contribution in [2.24, 2.45) is 0 Å². The molecule has 0 atom stereocenters. The summed E-state index contributed by atoms with van der Waals surface area (Å²) in [6.45, 7) is 12.3. The van der Waals surface area contributed by atoms with Crippen LogP contribution in [0.3, 0.4) is 0 Å². The molecule has 0 aromatic rings. The van der Waals surface area contributed by atoms with Gasteiger partial charge >= 0.3 is 0 Å². The highest BCUT2D eigenvalue weighted by Crippen LogP contribution is 2.13. The van der Waals surface area contributed by atoms with Crippen LogP contribution in [-0.4, -0.2) is 0 Å². The molecule has 0 heterocycles. The standard InChI is InChI=1S/C16H33.C12H25/c1-3-5-7-9-11-13-15-16-14-12-10-8-6-4-2;1-3-5-7-9-11-12-10-8-6-4-2/h1,3-16H2,2H3;1,3-12H2,2H3. The van der Waals surface area contributed by atoms with Crippen molar-refractivity contribution in [2.45, 2.75) is 168 Å². The quantitative estimate of drug-likeness (QED) is 0.160. The minimum absolute atomic E-state index is 1.12. The Kier molecular flexibility index (Phi) is 34.2. The van der Waals surface area contributed by atoms with Crippen LogP contribution in [0.4, 0.5) is 0 Å². The summed E-state index contributed by atoms with van der Waals surface area (Å²) in [6.07, 6.45) is 33.7. The Balaban J connectivity index is 0. The zero-order valence-electron chi connectivity index (χ0n) is 20.4. The predicted molar refractivity (Wildman–Crippen MR) is 133 cm³/mol. The molecule has 0 aromatic heterocycles. The molecule has 0 aliphatic rings. The van der Waals surface area contributed by atoms with Crippen LogP contribution in [0, 0.1) is 13.8 Å². The van der Waals surface area contributed by atoms with Crippen molar-refractivity contribution in [2.75, 3.05) is 0 Å². The van der Waals surface area contributed by atoms with Gasteiger partial charge in [-0.1, -0.05) is 182 Å². The summed E-state index contributed by atoms with van der Waals surface area (Å²) < 4.78 is 0. The monoisotopic (exact) mass is 394 g/mol. The molecule has 2 radical (unpaired) electrons. The van der Waals surface area contributed by atoms with Crippen LogP contribution in [-0.2, 0) is 0 Å². The van der Waals surface area contributed by atoms with Crippen molar-refractivity contribution in [3.05, 3.63) is 13.8 Å². The second kappa shape index (κ2) is 31.7. The normalized spacial score (nSPS) is 10.7. The average molecular weight is 395 g/mol. The summed E-state index contributed by atoms with van der Waals surface area (Å²) in [4.78, 5) is 0. The lowest BCUT2D eigenvalue weighted by molar-refractivity contribution is 0.540. The highest BCUT2D eigenvalue weighted by Gasteiger charge is 1.93. The van der Waals surface area contributed by atoms with E-state index in [0.29, 0.717) is 0 Å². The predicted octanol–water partition coefficient (Wildman–Crippen LogP) is 11.0. The molecule has 0 spiro atoms. The topological polar surface area (TPSA) is 0 Å². The molecule has 0 amide bonds. The van der Waals surface area contributed by atoms with Crippen molar-refractivity contribution in [3.8, 4) is 0 Å². The first-order valence-electron chi connectivity index (χ1n) is 13.4. The molecule has 0 rings (SSSR count). The van der Waals surface area contributed by atoms with Gasteiger partial charge in [0.25, 0.3) is 0 Å². The molecule has 170 valence electrons. The third kappa shape index (κ3) is 33.6. The van der Waals surface area contributed by atoms with Crippen molar-refractivity contribution in [1.82, 2.24) is 0 Å². The largest absolute Gasteiger partial charge is 0.0654 e. The van der Waals surface area contributed by atoms with Crippen LogP contribution in [0.2, 0.25) is 0 Å². The Bertz CT molecular complexity index is 196. The smallest absolute Gasteiger partial charge is 0.0533 e. The Labute approximate surface area is 182 Å². The Hall–Kier alpha value is 0. The lowest BCUT2D eigenvalue weighted by Gasteiger charge is -2.02. The van der Waals surface area contributed by atoms with Crippen LogP contribution in [0.25, 0.3) is 0 Å². The lowest BCUT2D eigenvalue weighted by Crippen LogP contribution is -1.82. The van der Waals surface area contributed by atoms with Gasteiger partial charge in [-0.05, 0) is 0 Å². The first kappa shape index (κ1) is 30.2. The van der Waals surface area contributed by atoms with Gasteiger partial charge in [-0.15, -0.1) is 0 Å². The van der Waals surface area contributed by atoms with E-state index in [4.69, 9.17) is 0 Å². The van der Waals surface area contributed by atoms with Crippen LogP contribution in [0.1, 0.15) is 168 Å². The second-order valence-corrected chi connectivity index (χ2v) is 8.78. The number of rotatable bonds is 22. The first-order chi connectivity index (χ1) is 13.8. The number of unbranched alkanes of at least 4 members (excludes halogenated alkanes) is 22. The number of hydrogen-bond donors (Lipinski definition) is 0. The van der Waals surface area contributed by atoms with E-state index >= 15 is 0 Å². The van der Waals surface area contributed by atoms with Crippen molar-refractivity contribution < 1.29 is 0 Å². The van der Waals surface area contributed by atoms with Crippen LogP contribution >= 0.6 is 0 Å². The van der Waals surface area contributed by atoms with E-state index in [-0.39, 0.29) is 0 Å². The Morgan fingerprint density at radius 1 is 0.286 bits per heavy atom. The van der Waals surface area contributed by atoms with Gasteiger partial charge in [0.2, 0.25) is 0 Å². The molecule has 0 aromatic carbocycles. The van der Waals surface area contributed by atoms with Gasteiger partial charge in [0, 0.05) is 0 Å². The van der Waals surface area contributed by atoms with Gasteiger partial charge in [0.15, 0.2) is 0 Å². The Morgan fingerprint density at radius 2 is 0.464 bits per heavy atom. The van der Waals surface area contributed by atoms with Gasteiger partial charge in [-0.2, -0.15) is 0 Å². The highest BCUT2D eigenvalue weighted by molar-refractivity contribution is 4.50. The zero-order valence-corrected chi connectivity index (χ0v) is 20.4. The zero-order chi connectivity index (χ0) is 21.0. The first-order valence-corrected chi connectivity index (χ1v) is 13.4. The molecule has 0 nitrogen and oxygen atoms in total. The van der Waals surface area contributed by atoms with Crippen molar-refractivity contribution >= 4 is 0 Å². The summed E-state index contributed by atoms with van der Waals surface area (Å²) in [5, 5.41) is 0. The summed E-state index contributed by atoms with van der Waals surface area (Å²) in [7, 11) is 0. The number of hydrogen-bond acceptors (Lipinski definition) is 0. The van der Waals surface area contributed by atoms with E-state index < -0.39 is 0 Å². The van der Waals surface area contributed by atoms with E-state index in [0.717, 1.165) is 12.8 Å². The molecule has 0 saturated carbocycles. The molecule has 0 N–H and O–H groups in total. The molecule has 0 unspecified atom stereocenters.